The van der Waals surface area contributed by atoms with Crippen LogP contribution in [0.15, 0.2) is 48.5 Å². The summed E-state index contributed by atoms with van der Waals surface area (Å²) < 4.78 is 13.1. The lowest BCUT2D eigenvalue weighted by Crippen LogP contribution is -2.46. The fourth-order valence-electron chi connectivity index (χ4n) is 6.19. The molecule has 2 aromatic rings. The number of benzene rings is 2. The van der Waals surface area contributed by atoms with E-state index in [1.54, 1.807) is 5.56 Å². The van der Waals surface area contributed by atoms with Crippen LogP contribution < -0.4 is 4.43 Å². The zero-order valence-electron chi connectivity index (χ0n) is 20.1. The summed E-state index contributed by atoms with van der Waals surface area (Å²) in [6.45, 7) is 14.0. The lowest BCUT2D eigenvalue weighted by atomic mass is 9.54. The quantitative estimate of drug-likeness (QED) is 0.370. The predicted molar refractivity (Wildman–Crippen MR) is 130 cm³/mol. The standard InChI is InChI=1S/C28H38O2Si/c1-7-27-19-25-28(29-25,21-11-9-8-10-12-21)18-22(27)14-13-20-17-23(15-16-24(20)27)30-31(5,6)26(2,3)4/h8-12,15-17,22,25H,7,13-14,18-19H2,1-6H3/t22-,25+,27-,28+/m1/s1. The first-order valence-corrected chi connectivity index (χ1v) is 15.1. The van der Waals surface area contributed by atoms with E-state index >= 15 is 0 Å². The molecule has 0 spiro atoms. The van der Waals surface area contributed by atoms with Crippen LogP contribution >= 0.6 is 0 Å². The maximum absolute atomic E-state index is 6.65. The number of aryl methyl sites for hydroxylation is 1. The van der Waals surface area contributed by atoms with Gasteiger partial charge in [0.1, 0.15) is 11.4 Å². The fraction of sp³-hybridized carbons (Fsp3) is 0.571. The summed E-state index contributed by atoms with van der Waals surface area (Å²) in [7, 11) is -1.82. The largest absolute Gasteiger partial charge is 0.543 e. The Balaban J connectivity index is 1.45. The van der Waals surface area contributed by atoms with Gasteiger partial charge in [-0.1, -0.05) is 64.1 Å². The molecule has 1 saturated carbocycles. The Morgan fingerprint density at radius 2 is 1.81 bits per heavy atom. The Bertz CT molecular complexity index is 976. The van der Waals surface area contributed by atoms with Crippen molar-refractivity contribution in [2.75, 3.05) is 0 Å². The van der Waals surface area contributed by atoms with E-state index in [-0.39, 0.29) is 16.1 Å². The van der Waals surface area contributed by atoms with E-state index in [1.165, 1.54) is 24.0 Å². The highest BCUT2D eigenvalue weighted by Gasteiger charge is 2.66. The summed E-state index contributed by atoms with van der Waals surface area (Å²) in [5, 5.41) is 0.214. The second kappa shape index (κ2) is 6.96. The molecule has 31 heavy (non-hydrogen) atoms. The van der Waals surface area contributed by atoms with Gasteiger partial charge in [0.25, 0.3) is 0 Å². The molecule has 0 bridgehead atoms. The highest BCUT2D eigenvalue weighted by atomic mass is 28.4. The SMILES string of the molecule is CC[C@@]12C[C@@H]3O[C@]3(c3ccccc3)C[C@H]1CCc1cc(O[Si](C)(C)C(C)(C)C)ccc12. The number of rotatable bonds is 4. The average molecular weight is 435 g/mol. The molecule has 3 heteroatoms. The van der Waals surface area contributed by atoms with E-state index in [1.807, 2.05) is 0 Å². The summed E-state index contributed by atoms with van der Waals surface area (Å²) in [5.41, 5.74) is 4.71. The van der Waals surface area contributed by atoms with Crippen LogP contribution in [-0.2, 0) is 22.2 Å². The highest BCUT2D eigenvalue weighted by Crippen LogP contribution is 2.65. The van der Waals surface area contributed by atoms with Gasteiger partial charge in [-0.05, 0) is 85.0 Å². The molecule has 0 amide bonds. The Hall–Kier alpha value is -1.58. The summed E-state index contributed by atoms with van der Waals surface area (Å²) >= 11 is 0. The van der Waals surface area contributed by atoms with E-state index in [4.69, 9.17) is 9.16 Å². The van der Waals surface area contributed by atoms with Gasteiger partial charge in [-0.2, -0.15) is 0 Å². The fourth-order valence-corrected chi connectivity index (χ4v) is 7.21. The van der Waals surface area contributed by atoms with Crippen LogP contribution in [0, 0.1) is 5.92 Å². The van der Waals surface area contributed by atoms with Gasteiger partial charge in [-0.15, -0.1) is 0 Å². The minimum absolute atomic E-state index is 0.0204. The first-order valence-electron chi connectivity index (χ1n) is 12.2. The second-order valence-corrected chi connectivity index (χ2v) is 16.4. The Morgan fingerprint density at radius 3 is 2.48 bits per heavy atom. The van der Waals surface area contributed by atoms with Crippen molar-refractivity contribution in [3.63, 3.8) is 0 Å². The van der Waals surface area contributed by atoms with E-state index in [0.717, 1.165) is 25.0 Å². The smallest absolute Gasteiger partial charge is 0.250 e. The third kappa shape index (κ3) is 3.22. The molecule has 1 aliphatic heterocycles. The minimum atomic E-state index is -1.82. The summed E-state index contributed by atoms with van der Waals surface area (Å²) in [5.74, 6) is 1.77. The van der Waals surface area contributed by atoms with Gasteiger partial charge in [0.05, 0.1) is 6.10 Å². The minimum Gasteiger partial charge on any atom is -0.543 e. The van der Waals surface area contributed by atoms with E-state index < -0.39 is 8.32 Å². The first kappa shape index (κ1) is 21.3. The molecule has 2 aliphatic carbocycles. The van der Waals surface area contributed by atoms with Crippen molar-refractivity contribution in [2.45, 2.75) is 95.1 Å². The van der Waals surface area contributed by atoms with Gasteiger partial charge in [0, 0.05) is 5.41 Å². The van der Waals surface area contributed by atoms with Crippen molar-refractivity contribution in [1.29, 1.82) is 0 Å². The Labute approximate surface area is 189 Å². The van der Waals surface area contributed by atoms with Crippen LogP contribution in [0.4, 0.5) is 0 Å². The zero-order chi connectivity index (χ0) is 22.1. The topological polar surface area (TPSA) is 21.8 Å². The van der Waals surface area contributed by atoms with Crippen molar-refractivity contribution < 1.29 is 9.16 Å². The number of hydrogen-bond acceptors (Lipinski definition) is 2. The molecule has 0 N–H and O–H groups in total. The average Bonchev–Trinajstić information content (AvgIpc) is 3.45. The van der Waals surface area contributed by atoms with Crippen LogP contribution in [0.25, 0.3) is 0 Å². The molecule has 166 valence electrons. The molecule has 2 nitrogen and oxygen atoms in total. The number of hydrogen-bond donors (Lipinski definition) is 0. The lowest BCUT2D eigenvalue weighted by Gasteiger charge is -2.49. The van der Waals surface area contributed by atoms with Gasteiger partial charge in [-0.25, -0.2) is 0 Å². The van der Waals surface area contributed by atoms with Crippen molar-refractivity contribution >= 4 is 8.32 Å². The summed E-state index contributed by atoms with van der Waals surface area (Å²) in [4.78, 5) is 0. The van der Waals surface area contributed by atoms with Crippen molar-refractivity contribution in [3.05, 3.63) is 65.2 Å². The highest BCUT2D eigenvalue weighted by molar-refractivity contribution is 6.74. The molecule has 1 saturated heterocycles. The van der Waals surface area contributed by atoms with Gasteiger partial charge >= 0.3 is 0 Å². The maximum Gasteiger partial charge on any atom is 0.250 e. The van der Waals surface area contributed by atoms with Gasteiger partial charge < -0.3 is 9.16 Å². The number of fused-ring (bicyclic) bond motifs is 4. The van der Waals surface area contributed by atoms with Crippen LogP contribution in [0.3, 0.4) is 0 Å². The van der Waals surface area contributed by atoms with Crippen LogP contribution in [0.2, 0.25) is 18.1 Å². The molecule has 2 fully saturated rings. The molecule has 0 aromatic heterocycles. The molecule has 1 heterocycles. The molecule has 0 unspecified atom stereocenters. The van der Waals surface area contributed by atoms with E-state index in [9.17, 15) is 0 Å². The molecule has 3 aliphatic rings. The molecule has 0 radical (unpaired) electrons. The number of epoxide rings is 1. The molecular weight excluding hydrogens is 396 g/mol. The van der Waals surface area contributed by atoms with Gasteiger partial charge in [0.15, 0.2) is 0 Å². The maximum atomic E-state index is 6.65. The van der Waals surface area contributed by atoms with Crippen LogP contribution in [0.1, 0.15) is 70.1 Å². The van der Waals surface area contributed by atoms with E-state index in [0.29, 0.717) is 12.0 Å². The third-order valence-electron chi connectivity index (χ3n) is 9.14. The predicted octanol–water partition coefficient (Wildman–Crippen LogP) is 7.37. The Morgan fingerprint density at radius 1 is 1.06 bits per heavy atom. The normalized spacial score (nSPS) is 31.9. The van der Waals surface area contributed by atoms with Crippen molar-refractivity contribution in [2.24, 2.45) is 5.92 Å². The lowest BCUT2D eigenvalue weighted by molar-refractivity contribution is 0.144. The summed E-state index contributed by atoms with van der Waals surface area (Å²) in [6, 6.07) is 18.0. The van der Waals surface area contributed by atoms with Crippen LogP contribution in [-0.4, -0.2) is 14.4 Å². The zero-order valence-corrected chi connectivity index (χ0v) is 21.1. The first-order chi connectivity index (χ1) is 14.6. The van der Waals surface area contributed by atoms with Gasteiger partial charge in [0.2, 0.25) is 8.32 Å². The van der Waals surface area contributed by atoms with E-state index in [2.05, 4.69) is 89.3 Å². The summed E-state index contributed by atoms with van der Waals surface area (Å²) in [6.07, 6.45) is 6.29. The monoisotopic (exact) mass is 434 g/mol. The van der Waals surface area contributed by atoms with Crippen molar-refractivity contribution in [1.82, 2.24) is 0 Å². The second-order valence-electron chi connectivity index (χ2n) is 11.7. The Kier molecular flexibility index (Phi) is 4.77. The van der Waals surface area contributed by atoms with Gasteiger partial charge in [-0.3, -0.25) is 0 Å². The molecule has 2 aromatic carbocycles. The molecular formula is C28H38O2Si. The number of ether oxygens (including phenoxy) is 1. The van der Waals surface area contributed by atoms with Crippen molar-refractivity contribution in [3.8, 4) is 5.75 Å². The third-order valence-corrected chi connectivity index (χ3v) is 13.5. The molecule has 5 rings (SSSR count). The van der Waals surface area contributed by atoms with Crippen LogP contribution in [0.5, 0.6) is 5.75 Å². The molecule has 4 atom stereocenters.